The maximum Gasteiger partial charge on any atom is 0.183 e. The van der Waals surface area contributed by atoms with Gasteiger partial charge in [0.05, 0.1) is 15.7 Å². The average Bonchev–Trinajstić information content (AvgIpc) is 3.06. The molecule has 1 aliphatic heterocycles. The van der Waals surface area contributed by atoms with Crippen molar-refractivity contribution in [1.82, 2.24) is 4.90 Å². The molecular weight excluding hydrogens is 310 g/mol. The first kappa shape index (κ1) is 16.9. The van der Waals surface area contributed by atoms with Gasteiger partial charge in [-0.3, -0.25) is 4.90 Å². The number of hydrogen-bond acceptors (Lipinski definition) is 4. The number of nitrogens with zero attached hydrogens (tertiary/aromatic N) is 1. The van der Waals surface area contributed by atoms with Crippen molar-refractivity contribution in [3.05, 3.63) is 30.3 Å². The zero-order chi connectivity index (χ0) is 16.7. The Morgan fingerprint density at radius 1 is 1.22 bits per heavy atom. The van der Waals surface area contributed by atoms with Crippen LogP contribution >= 0.6 is 0 Å². The highest BCUT2D eigenvalue weighted by atomic mass is 32.2. The van der Waals surface area contributed by atoms with Crippen LogP contribution in [0.25, 0.3) is 0 Å². The fourth-order valence-electron chi connectivity index (χ4n) is 4.12. The van der Waals surface area contributed by atoms with Crippen molar-refractivity contribution >= 4 is 9.84 Å². The Kier molecular flexibility index (Phi) is 4.55. The number of sulfone groups is 1. The van der Waals surface area contributed by atoms with E-state index in [4.69, 9.17) is 0 Å². The molecule has 23 heavy (non-hydrogen) atoms. The summed E-state index contributed by atoms with van der Waals surface area (Å²) in [5.41, 5.74) is 0. The van der Waals surface area contributed by atoms with Crippen molar-refractivity contribution in [2.75, 3.05) is 13.1 Å². The summed E-state index contributed by atoms with van der Waals surface area (Å²) >= 11 is 0. The molecule has 128 valence electrons. The van der Waals surface area contributed by atoms with Crippen LogP contribution in [0.3, 0.4) is 0 Å². The fraction of sp³-hybridized carbons (Fsp3) is 0.667. The van der Waals surface area contributed by atoms with Crippen LogP contribution in [-0.4, -0.2) is 48.4 Å². The van der Waals surface area contributed by atoms with Gasteiger partial charge in [0, 0.05) is 12.6 Å². The molecule has 3 atom stereocenters. The predicted octanol–water partition coefficient (Wildman–Crippen LogP) is 2.47. The first-order chi connectivity index (χ1) is 10.8. The van der Waals surface area contributed by atoms with Crippen LogP contribution in [-0.2, 0) is 9.84 Å². The third-order valence-corrected chi connectivity index (χ3v) is 8.11. The highest BCUT2D eigenvalue weighted by molar-refractivity contribution is 7.92. The normalized spacial score (nSPS) is 28.4. The van der Waals surface area contributed by atoms with E-state index in [9.17, 15) is 13.5 Å². The molecule has 2 fully saturated rings. The predicted molar refractivity (Wildman–Crippen MR) is 91.0 cm³/mol. The lowest BCUT2D eigenvalue weighted by Crippen LogP contribution is -2.42. The Balaban J connectivity index is 1.59. The Bertz CT molecular complexity index is 641. The molecule has 4 nitrogen and oxygen atoms in total. The lowest BCUT2D eigenvalue weighted by Gasteiger charge is -2.32. The summed E-state index contributed by atoms with van der Waals surface area (Å²) in [6.45, 7) is 5.58. The standard InChI is InChI=1S/C18H27NO3S/c1-18(2,23(21,22)15-7-4-3-5-8-15)9-6-10-19-13-14-11-16(19)17(20)12-14/h3-5,7-8,14,16-17,20H,6,9-13H2,1-2H3. The van der Waals surface area contributed by atoms with Crippen LogP contribution in [0, 0.1) is 5.92 Å². The van der Waals surface area contributed by atoms with Gasteiger partial charge in [0.25, 0.3) is 0 Å². The molecule has 1 aliphatic carbocycles. The van der Waals surface area contributed by atoms with Crippen molar-refractivity contribution in [3.8, 4) is 0 Å². The van der Waals surface area contributed by atoms with Gasteiger partial charge in [-0.2, -0.15) is 0 Å². The number of aliphatic hydroxyl groups excluding tert-OH is 1. The Labute approximate surface area is 139 Å². The molecule has 5 heteroatoms. The third kappa shape index (κ3) is 3.19. The van der Waals surface area contributed by atoms with E-state index in [1.807, 2.05) is 19.9 Å². The summed E-state index contributed by atoms with van der Waals surface area (Å²) in [7, 11) is -3.32. The van der Waals surface area contributed by atoms with Crippen LogP contribution < -0.4 is 0 Å². The van der Waals surface area contributed by atoms with E-state index in [0.717, 1.165) is 32.4 Å². The van der Waals surface area contributed by atoms with Gasteiger partial charge in [-0.25, -0.2) is 8.42 Å². The van der Waals surface area contributed by atoms with Gasteiger partial charge in [-0.05, 0) is 64.1 Å². The van der Waals surface area contributed by atoms with Crippen molar-refractivity contribution in [2.45, 2.75) is 61.3 Å². The van der Waals surface area contributed by atoms with Crippen molar-refractivity contribution in [2.24, 2.45) is 5.92 Å². The van der Waals surface area contributed by atoms with Gasteiger partial charge in [0.1, 0.15) is 0 Å². The van der Waals surface area contributed by atoms with Gasteiger partial charge in [-0.1, -0.05) is 18.2 Å². The minimum Gasteiger partial charge on any atom is -0.391 e. The summed E-state index contributed by atoms with van der Waals surface area (Å²) in [6, 6.07) is 9.02. The Morgan fingerprint density at radius 2 is 1.91 bits per heavy atom. The summed E-state index contributed by atoms with van der Waals surface area (Å²) in [4.78, 5) is 2.75. The second-order valence-electron chi connectivity index (χ2n) is 7.65. The number of fused-ring (bicyclic) bond motifs is 2. The van der Waals surface area contributed by atoms with Crippen LogP contribution in [0.2, 0.25) is 0 Å². The van der Waals surface area contributed by atoms with Gasteiger partial charge in [-0.15, -0.1) is 0 Å². The number of piperidine rings is 1. The van der Waals surface area contributed by atoms with Crippen molar-refractivity contribution in [1.29, 1.82) is 0 Å². The van der Waals surface area contributed by atoms with Crippen LogP contribution in [0.1, 0.15) is 39.5 Å². The SMILES string of the molecule is CC(C)(CCCN1CC2CC(O)C1C2)S(=O)(=O)c1ccccc1. The zero-order valence-electron chi connectivity index (χ0n) is 14.0. The highest BCUT2D eigenvalue weighted by Crippen LogP contribution is 2.38. The van der Waals surface area contributed by atoms with Crippen molar-refractivity contribution < 1.29 is 13.5 Å². The molecule has 0 radical (unpaired) electrons. The maximum atomic E-state index is 12.8. The second-order valence-corrected chi connectivity index (χ2v) is 10.2. The molecule has 1 saturated heterocycles. The maximum absolute atomic E-state index is 12.8. The molecule has 1 aromatic rings. The quantitative estimate of drug-likeness (QED) is 0.866. The molecule has 1 aromatic carbocycles. The van der Waals surface area contributed by atoms with E-state index in [-0.39, 0.29) is 6.10 Å². The molecule has 0 spiro atoms. The van der Waals surface area contributed by atoms with Gasteiger partial charge in [0.15, 0.2) is 9.84 Å². The molecule has 0 aromatic heterocycles. The minimum atomic E-state index is -3.32. The van der Waals surface area contributed by atoms with Gasteiger partial charge >= 0.3 is 0 Å². The first-order valence-electron chi connectivity index (χ1n) is 8.53. The molecule has 1 N–H and O–H groups in total. The van der Waals surface area contributed by atoms with E-state index in [1.54, 1.807) is 24.3 Å². The number of aliphatic hydroxyl groups is 1. The minimum absolute atomic E-state index is 0.185. The zero-order valence-corrected chi connectivity index (χ0v) is 14.8. The molecule has 3 rings (SSSR count). The van der Waals surface area contributed by atoms with Crippen LogP contribution in [0.4, 0.5) is 0 Å². The lowest BCUT2D eigenvalue weighted by molar-refractivity contribution is 0.0559. The third-order valence-electron chi connectivity index (χ3n) is 5.56. The molecule has 1 saturated carbocycles. The van der Waals surface area contributed by atoms with Crippen LogP contribution in [0.5, 0.6) is 0 Å². The van der Waals surface area contributed by atoms with Crippen molar-refractivity contribution in [3.63, 3.8) is 0 Å². The van der Waals surface area contributed by atoms with E-state index < -0.39 is 14.6 Å². The van der Waals surface area contributed by atoms with E-state index in [1.165, 1.54) is 0 Å². The van der Waals surface area contributed by atoms with Gasteiger partial charge in [0.2, 0.25) is 0 Å². The molecule has 0 amide bonds. The fourth-order valence-corrected chi connectivity index (χ4v) is 5.69. The number of likely N-dealkylation sites (tertiary alicyclic amines) is 1. The number of rotatable bonds is 6. The largest absolute Gasteiger partial charge is 0.391 e. The monoisotopic (exact) mass is 337 g/mol. The summed E-state index contributed by atoms with van der Waals surface area (Å²) in [6.07, 6.45) is 3.33. The summed E-state index contributed by atoms with van der Waals surface area (Å²) < 4.78 is 24.8. The first-order valence-corrected chi connectivity index (χ1v) is 10.0. The summed E-state index contributed by atoms with van der Waals surface area (Å²) in [5, 5.41) is 9.99. The van der Waals surface area contributed by atoms with E-state index in [0.29, 0.717) is 23.3 Å². The lowest BCUT2D eigenvalue weighted by atomic mass is 10.0. The molecule has 2 bridgehead atoms. The van der Waals surface area contributed by atoms with Gasteiger partial charge < -0.3 is 5.11 Å². The van der Waals surface area contributed by atoms with E-state index >= 15 is 0 Å². The topological polar surface area (TPSA) is 57.6 Å². The molecular formula is C18H27NO3S. The molecule has 3 unspecified atom stereocenters. The van der Waals surface area contributed by atoms with Crippen LogP contribution in [0.15, 0.2) is 35.2 Å². The smallest absolute Gasteiger partial charge is 0.183 e. The van der Waals surface area contributed by atoms with E-state index in [2.05, 4.69) is 4.90 Å². The Morgan fingerprint density at radius 3 is 2.52 bits per heavy atom. The Hall–Kier alpha value is -0.910. The highest BCUT2D eigenvalue weighted by Gasteiger charge is 2.44. The molecule has 2 aliphatic rings. The number of hydrogen-bond donors (Lipinski definition) is 1. The molecule has 1 heterocycles. The average molecular weight is 337 g/mol. The number of benzene rings is 1. The second kappa shape index (κ2) is 6.19. The summed E-state index contributed by atoms with van der Waals surface area (Å²) in [5.74, 6) is 0.635.